The van der Waals surface area contributed by atoms with Gasteiger partial charge in [-0.15, -0.1) is 0 Å². The Balaban J connectivity index is 2.06. The van der Waals surface area contributed by atoms with E-state index < -0.39 is 12.5 Å². The second-order valence-corrected chi connectivity index (χ2v) is 4.51. The number of pyridine rings is 1. The third-order valence-electron chi connectivity index (χ3n) is 3.20. The fourth-order valence-corrected chi connectivity index (χ4v) is 2.26. The maximum Gasteiger partial charge on any atom is 0.265 e. The molecule has 0 bridgehead atoms. The lowest BCUT2D eigenvalue weighted by Gasteiger charge is -2.26. The molecule has 18 heavy (non-hydrogen) atoms. The number of nitrogens with one attached hydrogen (secondary N) is 2. The molecule has 100 valence electrons. The minimum Gasteiger partial charge on any atom is -0.386 e. The van der Waals surface area contributed by atoms with Crippen LogP contribution in [0.15, 0.2) is 16.9 Å². The highest BCUT2D eigenvalue weighted by molar-refractivity contribution is 5.26. The maximum atomic E-state index is 12.2. The largest absolute Gasteiger partial charge is 0.386 e. The van der Waals surface area contributed by atoms with Gasteiger partial charge in [0.05, 0.1) is 0 Å². The van der Waals surface area contributed by atoms with E-state index in [0.29, 0.717) is 0 Å². The fourth-order valence-electron chi connectivity index (χ4n) is 2.26. The van der Waals surface area contributed by atoms with Crippen LogP contribution < -0.4 is 10.9 Å². The lowest BCUT2D eigenvalue weighted by atomic mass is 9.91. The molecule has 2 atom stereocenters. The number of fused-ring (bicyclic) bond motifs is 1. The van der Waals surface area contributed by atoms with E-state index in [0.717, 1.165) is 30.5 Å². The summed E-state index contributed by atoms with van der Waals surface area (Å²) in [6.07, 6.45) is -1.90. The molecule has 0 spiro atoms. The van der Waals surface area contributed by atoms with Gasteiger partial charge in [-0.3, -0.25) is 4.79 Å². The Morgan fingerprint density at radius 1 is 1.50 bits per heavy atom. The average Bonchev–Trinajstić information content (AvgIpc) is 2.35. The van der Waals surface area contributed by atoms with Gasteiger partial charge in [-0.2, -0.15) is 0 Å². The third kappa shape index (κ3) is 2.94. The molecule has 0 fully saturated rings. The first-order chi connectivity index (χ1) is 8.58. The van der Waals surface area contributed by atoms with Gasteiger partial charge in [-0.1, -0.05) is 6.07 Å². The summed E-state index contributed by atoms with van der Waals surface area (Å²) in [6, 6.07) is 3.07. The highest BCUT2D eigenvalue weighted by atomic mass is 19.3. The smallest absolute Gasteiger partial charge is 0.265 e. The van der Waals surface area contributed by atoms with Crippen LogP contribution >= 0.6 is 0 Å². The molecule has 0 radical (unpaired) electrons. The first-order valence-electron chi connectivity index (χ1n) is 5.99. The van der Waals surface area contributed by atoms with Gasteiger partial charge in [0.15, 0.2) is 0 Å². The lowest BCUT2D eigenvalue weighted by molar-refractivity contribution is -0.00491. The van der Waals surface area contributed by atoms with Gasteiger partial charge in [0.2, 0.25) is 5.56 Å². The van der Waals surface area contributed by atoms with Gasteiger partial charge in [-0.05, 0) is 24.8 Å². The van der Waals surface area contributed by atoms with Crippen molar-refractivity contribution in [2.45, 2.75) is 37.8 Å². The van der Waals surface area contributed by atoms with E-state index >= 15 is 0 Å². The van der Waals surface area contributed by atoms with Gasteiger partial charge < -0.3 is 15.4 Å². The molecule has 1 aromatic rings. The van der Waals surface area contributed by atoms with Gasteiger partial charge >= 0.3 is 0 Å². The summed E-state index contributed by atoms with van der Waals surface area (Å²) in [4.78, 5) is 14.0. The van der Waals surface area contributed by atoms with E-state index in [2.05, 4.69) is 10.3 Å². The van der Waals surface area contributed by atoms with Crippen LogP contribution in [0.4, 0.5) is 8.78 Å². The molecule has 1 aromatic heterocycles. The lowest BCUT2D eigenvalue weighted by Crippen LogP contribution is -2.36. The van der Waals surface area contributed by atoms with Crippen molar-refractivity contribution < 1.29 is 13.9 Å². The summed E-state index contributed by atoms with van der Waals surface area (Å²) in [6.45, 7) is -0.152. The zero-order valence-electron chi connectivity index (χ0n) is 9.83. The molecular weight excluding hydrogens is 242 g/mol. The van der Waals surface area contributed by atoms with Gasteiger partial charge in [-0.25, -0.2) is 8.78 Å². The van der Waals surface area contributed by atoms with Gasteiger partial charge in [0.1, 0.15) is 6.10 Å². The van der Waals surface area contributed by atoms with Crippen molar-refractivity contribution in [3.8, 4) is 0 Å². The molecule has 0 saturated carbocycles. The molecule has 0 aromatic carbocycles. The SMILES string of the molecule is O=c1ccc2c([nH]1)CCCC2NCC(O)C(F)F. The Labute approximate surface area is 103 Å². The number of aliphatic hydroxyl groups is 1. The molecule has 2 unspecified atom stereocenters. The molecule has 1 aliphatic carbocycles. The zero-order valence-corrected chi connectivity index (χ0v) is 9.83. The quantitative estimate of drug-likeness (QED) is 0.754. The van der Waals surface area contributed by atoms with Crippen LogP contribution in [0, 0.1) is 0 Å². The van der Waals surface area contributed by atoms with Crippen LogP contribution in [0.2, 0.25) is 0 Å². The minimum atomic E-state index is -2.74. The van der Waals surface area contributed by atoms with E-state index in [9.17, 15) is 13.6 Å². The number of H-pyrrole nitrogens is 1. The Morgan fingerprint density at radius 3 is 3.00 bits per heavy atom. The molecule has 1 aliphatic rings. The van der Waals surface area contributed by atoms with Crippen molar-refractivity contribution in [3.63, 3.8) is 0 Å². The standard InChI is InChI=1S/C12H16F2N2O2/c13-12(14)10(17)6-15-8-2-1-3-9-7(8)4-5-11(18)16-9/h4-5,8,10,12,15,17H,1-3,6H2,(H,16,18). The highest BCUT2D eigenvalue weighted by Crippen LogP contribution is 2.27. The Hall–Kier alpha value is -1.27. The first kappa shape index (κ1) is 13.2. The van der Waals surface area contributed by atoms with Crippen molar-refractivity contribution in [3.05, 3.63) is 33.7 Å². The normalized spacial score (nSPS) is 20.8. The van der Waals surface area contributed by atoms with E-state index in [4.69, 9.17) is 5.11 Å². The van der Waals surface area contributed by atoms with Crippen LogP contribution in [0.25, 0.3) is 0 Å². The Bertz CT molecular complexity index is 462. The Morgan fingerprint density at radius 2 is 2.28 bits per heavy atom. The van der Waals surface area contributed by atoms with Crippen molar-refractivity contribution in [2.75, 3.05) is 6.54 Å². The number of aromatic nitrogens is 1. The summed E-state index contributed by atoms with van der Waals surface area (Å²) >= 11 is 0. The summed E-state index contributed by atoms with van der Waals surface area (Å²) < 4.78 is 24.4. The number of aliphatic hydroxyl groups excluding tert-OH is 1. The number of rotatable bonds is 4. The van der Waals surface area contributed by atoms with Crippen molar-refractivity contribution in [2.24, 2.45) is 0 Å². The maximum absolute atomic E-state index is 12.2. The predicted octanol–water partition coefficient (Wildman–Crippen LogP) is 0.968. The van der Waals surface area contributed by atoms with Gasteiger partial charge in [0.25, 0.3) is 6.43 Å². The Kier molecular flexibility index (Phi) is 4.08. The van der Waals surface area contributed by atoms with Crippen molar-refractivity contribution >= 4 is 0 Å². The molecule has 6 heteroatoms. The monoisotopic (exact) mass is 258 g/mol. The number of hydrogen-bond donors (Lipinski definition) is 3. The molecule has 0 aliphatic heterocycles. The van der Waals surface area contributed by atoms with E-state index in [1.807, 2.05) is 0 Å². The number of hydrogen-bond acceptors (Lipinski definition) is 3. The minimum absolute atomic E-state index is 0.0843. The molecule has 0 amide bonds. The number of alkyl halides is 2. The van der Waals surface area contributed by atoms with Crippen LogP contribution in [0.5, 0.6) is 0 Å². The molecule has 1 heterocycles. The van der Waals surface area contributed by atoms with E-state index in [-0.39, 0.29) is 18.1 Å². The van der Waals surface area contributed by atoms with Crippen molar-refractivity contribution in [1.29, 1.82) is 0 Å². The van der Waals surface area contributed by atoms with Crippen LogP contribution in [0.3, 0.4) is 0 Å². The van der Waals surface area contributed by atoms with Crippen LogP contribution in [-0.4, -0.2) is 29.2 Å². The highest BCUT2D eigenvalue weighted by Gasteiger charge is 2.23. The summed E-state index contributed by atoms with van der Waals surface area (Å²) in [7, 11) is 0. The number of aryl methyl sites for hydroxylation is 1. The van der Waals surface area contributed by atoms with Crippen LogP contribution in [0.1, 0.15) is 30.1 Å². The molecule has 3 N–H and O–H groups in total. The van der Waals surface area contributed by atoms with E-state index in [1.165, 1.54) is 6.07 Å². The van der Waals surface area contributed by atoms with Gasteiger partial charge in [0, 0.05) is 24.3 Å². The molecule has 4 nitrogen and oxygen atoms in total. The van der Waals surface area contributed by atoms with Crippen LogP contribution in [-0.2, 0) is 6.42 Å². The van der Waals surface area contributed by atoms with Crippen molar-refractivity contribution in [1.82, 2.24) is 10.3 Å². The second-order valence-electron chi connectivity index (χ2n) is 4.51. The zero-order chi connectivity index (χ0) is 13.1. The summed E-state index contributed by atoms with van der Waals surface area (Å²) in [5.41, 5.74) is 1.64. The summed E-state index contributed by atoms with van der Waals surface area (Å²) in [5, 5.41) is 12.0. The third-order valence-corrected chi connectivity index (χ3v) is 3.20. The number of halogens is 2. The van der Waals surface area contributed by atoms with E-state index in [1.54, 1.807) is 6.07 Å². The average molecular weight is 258 g/mol. The fraction of sp³-hybridized carbons (Fsp3) is 0.583. The molecular formula is C12H16F2N2O2. The molecule has 2 rings (SSSR count). The predicted molar refractivity (Wildman–Crippen MR) is 62.8 cm³/mol. The summed E-state index contributed by atoms with van der Waals surface area (Å²) in [5.74, 6) is 0. The second kappa shape index (κ2) is 5.58. The topological polar surface area (TPSA) is 65.1 Å². The molecule has 0 saturated heterocycles. The number of aromatic amines is 1. The first-order valence-corrected chi connectivity index (χ1v) is 5.99.